The van der Waals surface area contributed by atoms with Crippen LogP contribution in [0.4, 0.5) is 4.79 Å². The van der Waals surface area contributed by atoms with Crippen molar-refractivity contribution in [1.29, 1.82) is 0 Å². The Hall–Kier alpha value is -2.03. The van der Waals surface area contributed by atoms with E-state index in [0.717, 1.165) is 37.7 Å². The Morgan fingerprint density at radius 1 is 1.14 bits per heavy atom. The first-order valence-corrected chi connectivity index (χ1v) is 7.45. The molecule has 1 atom stereocenters. The third-order valence-corrected chi connectivity index (χ3v) is 3.21. The molecule has 21 heavy (non-hydrogen) atoms. The van der Waals surface area contributed by atoms with Crippen molar-refractivity contribution in [3.05, 3.63) is 61.2 Å². The Kier molecular flexibility index (Phi) is 8.69. The van der Waals surface area contributed by atoms with Crippen molar-refractivity contribution in [3.8, 4) is 0 Å². The summed E-state index contributed by atoms with van der Waals surface area (Å²) in [5, 5.41) is 2.94. The highest BCUT2D eigenvalue weighted by Crippen LogP contribution is 2.09. The second-order valence-corrected chi connectivity index (χ2v) is 4.99. The van der Waals surface area contributed by atoms with Crippen LogP contribution in [0.1, 0.15) is 37.7 Å². The first-order chi connectivity index (χ1) is 10.3. The molecular formula is C18H25NO2. The van der Waals surface area contributed by atoms with E-state index < -0.39 is 0 Å². The number of rotatable bonds is 10. The zero-order valence-electron chi connectivity index (χ0n) is 12.6. The number of unbranched alkanes of at least 4 members (excludes halogenated alkanes) is 1. The van der Waals surface area contributed by atoms with E-state index in [2.05, 4.69) is 18.5 Å². The number of carbonyl (C=O) groups is 1. The van der Waals surface area contributed by atoms with Crippen LogP contribution in [0.15, 0.2) is 55.6 Å². The van der Waals surface area contributed by atoms with E-state index in [1.165, 1.54) is 0 Å². The molecule has 1 unspecified atom stereocenters. The third kappa shape index (κ3) is 7.98. The smallest absolute Gasteiger partial charge is 0.407 e. The lowest BCUT2D eigenvalue weighted by atomic mass is 10.0. The number of amides is 1. The minimum absolute atomic E-state index is 0.131. The zero-order chi connectivity index (χ0) is 15.3. The Bertz CT molecular complexity index is 428. The molecule has 114 valence electrons. The molecule has 1 aromatic carbocycles. The van der Waals surface area contributed by atoms with E-state index in [0.29, 0.717) is 6.61 Å². The van der Waals surface area contributed by atoms with Crippen molar-refractivity contribution in [2.24, 2.45) is 0 Å². The summed E-state index contributed by atoms with van der Waals surface area (Å²) in [5.41, 5.74) is 0.988. The van der Waals surface area contributed by atoms with Crippen LogP contribution < -0.4 is 5.32 Å². The molecule has 0 bridgehead atoms. The van der Waals surface area contributed by atoms with Gasteiger partial charge in [-0.2, -0.15) is 0 Å². The standard InChI is InChI=1S/C18H25NO2/c1-3-5-8-14-17(13-6-4-2)19-18(20)21-15-16-11-9-7-10-12-16/h3-4,7,9-12,17H,1-2,5-6,8,13-15H2,(H,19,20). The molecule has 0 saturated carbocycles. The van der Waals surface area contributed by atoms with Crippen LogP contribution in [0, 0.1) is 0 Å². The maximum atomic E-state index is 11.8. The van der Waals surface area contributed by atoms with Crippen LogP contribution in [0.25, 0.3) is 0 Å². The molecular weight excluding hydrogens is 262 g/mol. The molecule has 0 fully saturated rings. The van der Waals surface area contributed by atoms with Crippen molar-refractivity contribution in [2.75, 3.05) is 0 Å². The van der Waals surface area contributed by atoms with Crippen molar-refractivity contribution in [1.82, 2.24) is 5.32 Å². The number of allylic oxidation sites excluding steroid dienone is 2. The van der Waals surface area contributed by atoms with Gasteiger partial charge in [0.05, 0.1) is 0 Å². The predicted octanol–water partition coefficient (Wildman–Crippen LogP) is 4.60. The largest absolute Gasteiger partial charge is 0.445 e. The summed E-state index contributed by atoms with van der Waals surface area (Å²) in [6.45, 7) is 7.74. The summed E-state index contributed by atoms with van der Waals surface area (Å²) in [4.78, 5) is 11.8. The van der Waals surface area contributed by atoms with E-state index in [1.54, 1.807) is 0 Å². The third-order valence-electron chi connectivity index (χ3n) is 3.21. The number of alkyl carbamates (subject to hydrolysis) is 1. The van der Waals surface area contributed by atoms with Crippen molar-refractivity contribution in [3.63, 3.8) is 0 Å². The molecule has 1 amide bonds. The summed E-state index contributed by atoms with van der Waals surface area (Å²) in [5.74, 6) is 0. The molecule has 1 aromatic rings. The fourth-order valence-corrected chi connectivity index (χ4v) is 2.05. The molecule has 3 nitrogen and oxygen atoms in total. The van der Waals surface area contributed by atoms with E-state index >= 15 is 0 Å². The average Bonchev–Trinajstić information content (AvgIpc) is 2.51. The Morgan fingerprint density at radius 2 is 1.86 bits per heavy atom. The monoisotopic (exact) mass is 287 g/mol. The van der Waals surface area contributed by atoms with Crippen LogP contribution in [0.3, 0.4) is 0 Å². The predicted molar refractivity (Wildman–Crippen MR) is 87.0 cm³/mol. The van der Waals surface area contributed by atoms with Gasteiger partial charge in [0.1, 0.15) is 6.61 Å². The van der Waals surface area contributed by atoms with Gasteiger partial charge in [0, 0.05) is 6.04 Å². The van der Waals surface area contributed by atoms with Gasteiger partial charge < -0.3 is 10.1 Å². The normalized spacial score (nSPS) is 11.4. The molecule has 3 heteroatoms. The highest BCUT2D eigenvalue weighted by atomic mass is 16.5. The van der Waals surface area contributed by atoms with Crippen molar-refractivity contribution >= 4 is 6.09 Å². The van der Waals surface area contributed by atoms with Crippen LogP contribution in [-0.4, -0.2) is 12.1 Å². The SMILES string of the molecule is C=CCCCC(CCC=C)NC(=O)OCc1ccccc1. The second-order valence-electron chi connectivity index (χ2n) is 4.99. The van der Waals surface area contributed by atoms with Crippen LogP contribution >= 0.6 is 0 Å². The van der Waals surface area contributed by atoms with E-state index in [-0.39, 0.29) is 12.1 Å². The molecule has 0 aliphatic carbocycles. The Morgan fingerprint density at radius 3 is 2.52 bits per heavy atom. The Labute approximate surface area is 127 Å². The first-order valence-electron chi connectivity index (χ1n) is 7.45. The highest BCUT2D eigenvalue weighted by Gasteiger charge is 2.12. The maximum Gasteiger partial charge on any atom is 0.407 e. The van der Waals surface area contributed by atoms with Crippen LogP contribution in [0.5, 0.6) is 0 Å². The maximum absolute atomic E-state index is 11.8. The van der Waals surface area contributed by atoms with Gasteiger partial charge in [-0.15, -0.1) is 13.2 Å². The van der Waals surface area contributed by atoms with Gasteiger partial charge in [0.15, 0.2) is 0 Å². The summed E-state index contributed by atoms with van der Waals surface area (Å²) in [6.07, 6.45) is 8.11. The van der Waals surface area contributed by atoms with Gasteiger partial charge in [-0.05, 0) is 37.7 Å². The van der Waals surface area contributed by atoms with Gasteiger partial charge >= 0.3 is 6.09 Å². The lowest BCUT2D eigenvalue weighted by Crippen LogP contribution is -2.35. The summed E-state index contributed by atoms with van der Waals surface area (Å²) < 4.78 is 5.25. The minimum atomic E-state index is -0.355. The van der Waals surface area contributed by atoms with E-state index in [9.17, 15) is 4.79 Å². The van der Waals surface area contributed by atoms with Gasteiger partial charge in [0.25, 0.3) is 0 Å². The lowest BCUT2D eigenvalue weighted by Gasteiger charge is -2.17. The summed E-state index contributed by atoms with van der Waals surface area (Å²) in [7, 11) is 0. The fourth-order valence-electron chi connectivity index (χ4n) is 2.05. The van der Waals surface area contributed by atoms with Gasteiger partial charge in [-0.1, -0.05) is 42.5 Å². The number of ether oxygens (including phenoxy) is 1. The highest BCUT2D eigenvalue weighted by molar-refractivity contribution is 5.67. The van der Waals surface area contributed by atoms with Crippen LogP contribution in [-0.2, 0) is 11.3 Å². The van der Waals surface area contributed by atoms with Gasteiger partial charge in [-0.25, -0.2) is 4.79 Å². The van der Waals surface area contributed by atoms with E-state index in [1.807, 2.05) is 42.5 Å². The summed E-state index contributed by atoms with van der Waals surface area (Å²) >= 11 is 0. The molecule has 0 radical (unpaired) electrons. The number of hydrogen-bond acceptors (Lipinski definition) is 2. The zero-order valence-corrected chi connectivity index (χ0v) is 12.6. The quantitative estimate of drug-likeness (QED) is 0.504. The second kappa shape index (κ2) is 10.7. The lowest BCUT2D eigenvalue weighted by molar-refractivity contribution is 0.134. The van der Waals surface area contributed by atoms with Gasteiger partial charge in [0.2, 0.25) is 0 Å². The van der Waals surface area contributed by atoms with E-state index in [4.69, 9.17) is 4.74 Å². The number of hydrogen-bond donors (Lipinski definition) is 1. The molecule has 1 N–H and O–H groups in total. The number of nitrogens with one attached hydrogen (secondary N) is 1. The summed E-state index contributed by atoms with van der Waals surface area (Å²) in [6, 6.07) is 9.80. The molecule has 1 rings (SSSR count). The Balaban J connectivity index is 2.35. The van der Waals surface area contributed by atoms with Gasteiger partial charge in [-0.3, -0.25) is 0 Å². The minimum Gasteiger partial charge on any atom is -0.445 e. The first kappa shape index (κ1) is 17.0. The number of benzene rings is 1. The molecule has 0 aliphatic rings. The molecule has 0 aromatic heterocycles. The van der Waals surface area contributed by atoms with Crippen LogP contribution in [0.2, 0.25) is 0 Å². The molecule has 0 spiro atoms. The van der Waals surface area contributed by atoms with Crippen molar-refractivity contribution in [2.45, 2.75) is 44.8 Å². The number of carbonyl (C=O) groups excluding carboxylic acids is 1. The molecule has 0 heterocycles. The molecule has 0 aliphatic heterocycles. The molecule has 0 saturated heterocycles. The average molecular weight is 287 g/mol. The van der Waals surface area contributed by atoms with Crippen molar-refractivity contribution < 1.29 is 9.53 Å². The fraction of sp³-hybridized carbons (Fsp3) is 0.389. The topological polar surface area (TPSA) is 38.3 Å².